The molecule has 0 N–H and O–H groups in total. The Morgan fingerprint density at radius 3 is 2.27 bits per heavy atom. The van der Waals surface area contributed by atoms with E-state index in [0.717, 1.165) is 0 Å². The number of carbonyl (C=O) groups excluding carboxylic acids is 1. The van der Waals surface area contributed by atoms with Crippen LogP contribution in [0.1, 0.15) is 20.3 Å². The Morgan fingerprint density at radius 1 is 1.47 bits per heavy atom. The van der Waals surface area contributed by atoms with Crippen molar-refractivity contribution < 1.29 is 27.1 Å². The van der Waals surface area contributed by atoms with Crippen molar-refractivity contribution in [3.63, 3.8) is 0 Å². The van der Waals surface area contributed by atoms with Crippen molar-refractivity contribution in [3.8, 4) is 0 Å². The molecule has 0 saturated heterocycles. The molecule has 1 unspecified atom stereocenters. The van der Waals surface area contributed by atoms with Crippen molar-refractivity contribution >= 4 is 5.97 Å². The molecule has 0 aromatic heterocycles. The SMILES string of the molecule is CC1(C)CC1C(=O)O/C=C(\F)C(F)(F)F. The van der Waals surface area contributed by atoms with Crippen LogP contribution in [0.5, 0.6) is 0 Å². The molecule has 1 rings (SSSR count). The third-order valence-electron chi connectivity index (χ3n) is 2.35. The van der Waals surface area contributed by atoms with E-state index in [1.807, 2.05) is 0 Å². The van der Waals surface area contributed by atoms with E-state index in [1.54, 1.807) is 13.8 Å². The van der Waals surface area contributed by atoms with E-state index in [1.165, 1.54) is 0 Å². The Labute approximate surface area is 83.9 Å². The van der Waals surface area contributed by atoms with Crippen LogP contribution < -0.4 is 0 Å². The normalized spacial score (nSPS) is 24.9. The lowest BCUT2D eigenvalue weighted by atomic mass is 10.1. The van der Waals surface area contributed by atoms with Gasteiger partial charge in [0.25, 0.3) is 0 Å². The Bertz CT molecular complexity index is 304. The molecule has 0 aromatic carbocycles. The molecule has 1 aliphatic carbocycles. The number of rotatable bonds is 2. The third-order valence-corrected chi connectivity index (χ3v) is 2.35. The van der Waals surface area contributed by atoms with Crippen molar-refractivity contribution in [2.45, 2.75) is 26.4 Å². The van der Waals surface area contributed by atoms with E-state index in [2.05, 4.69) is 4.74 Å². The second-order valence-electron chi connectivity index (χ2n) is 4.15. The van der Waals surface area contributed by atoms with Gasteiger partial charge >= 0.3 is 12.1 Å². The maximum atomic E-state index is 12.2. The van der Waals surface area contributed by atoms with Gasteiger partial charge in [0, 0.05) is 0 Å². The molecule has 0 amide bonds. The van der Waals surface area contributed by atoms with Crippen LogP contribution in [0.3, 0.4) is 0 Å². The molecule has 1 saturated carbocycles. The van der Waals surface area contributed by atoms with Gasteiger partial charge in [-0.2, -0.15) is 17.6 Å². The zero-order chi connectivity index (χ0) is 11.9. The van der Waals surface area contributed by atoms with Crippen LogP contribution >= 0.6 is 0 Å². The number of ether oxygens (including phenoxy) is 1. The smallest absolute Gasteiger partial charge is 0.431 e. The second-order valence-corrected chi connectivity index (χ2v) is 4.15. The average molecular weight is 226 g/mol. The standard InChI is InChI=1S/C9H10F4O2/c1-8(2)3-5(8)7(14)15-4-6(10)9(11,12)13/h4-5H,3H2,1-2H3/b6-4-. The molecule has 0 aliphatic heterocycles. The average Bonchev–Trinajstić information content (AvgIpc) is 2.68. The highest BCUT2D eigenvalue weighted by atomic mass is 19.4. The monoisotopic (exact) mass is 226 g/mol. The van der Waals surface area contributed by atoms with E-state index in [4.69, 9.17) is 0 Å². The second kappa shape index (κ2) is 3.50. The molecule has 0 spiro atoms. The molecule has 0 heterocycles. The van der Waals surface area contributed by atoms with Crippen LogP contribution in [0, 0.1) is 11.3 Å². The van der Waals surface area contributed by atoms with E-state index in [0.29, 0.717) is 6.42 Å². The number of alkyl halides is 3. The molecule has 0 aromatic rings. The number of allylic oxidation sites excluding steroid dienone is 1. The summed E-state index contributed by atoms with van der Waals surface area (Å²) >= 11 is 0. The van der Waals surface area contributed by atoms with Gasteiger partial charge in [-0.1, -0.05) is 13.8 Å². The summed E-state index contributed by atoms with van der Waals surface area (Å²) in [6.45, 7) is 3.56. The molecule has 15 heavy (non-hydrogen) atoms. The van der Waals surface area contributed by atoms with Gasteiger partial charge in [-0.3, -0.25) is 4.79 Å². The molecular weight excluding hydrogens is 216 g/mol. The van der Waals surface area contributed by atoms with Crippen LogP contribution in [-0.2, 0) is 9.53 Å². The number of hydrogen-bond donors (Lipinski definition) is 0. The summed E-state index contributed by atoms with van der Waals surface area (Å²) in [6.07, 6.45) is -4.73. The van der Waals surface area contributed by atoms with Crippen LogP contribution in [0.4, 0.5) is 17.6 Å². The largest absolute Gasteiger partial charge is 0.446 e. The first-order valence-electron chi connectivity index (χ1n) is 4.28. The predicted molar refractivity (Wildman–Crippen MR) is 43.2 cm³/mol. The van der Waals surface area contributed by atoms with Crippen LogP contribution in [0.25, 0.3) is 0 Å². The van der Waals surface area contributed by atoms with Gasteiger partial charge < -0.3 is 4.74 Å². The third kappa shape index (κ3) is 2.94. The Hall–Kier alpha value is -1.07. The maximum absolute atomic E-state index is 12.2. The highest BCUT2D eigenvalue weighted by molar-refractivity contribution is 5.77. The first kappa shape index (κ1) is 12.0. The van der Waals surface area contributed by atoms with Gasteiger partial charge in [-0.15, -0.1) is 0 Å². The van der Waals surface area contributed by atoms with Gasteiger partial charge in [0.05, 0.1) is 5.92 Å². The van der Waals surface area contributed by atoms with E-state index < -0.39 is 23.9 Å². The molecular formula is C9H10F4O2. The molecule has 86 valence electrons. The Balaban J connectivity index is 2.48. The predicted octanol–water partition coefficient (Wildman–Crippen LogP) is 2.95. The minimum Gasteiger partial charge on any atom is -0.431 e. The van der Waals surface area contributed by atoms with Crippen molar-refractivity contribution in [1.29, 1.82) is 0 Å². The molecule has 1 fully saturated rings. The highest BCUT2D eigenvalue weighted by Gasteiger charge is 2.51. The van der Waals surface area contributed by atoms with Crippen molar-refractivity contribution in [3.05, 3.63) is 12.1 Å². The fraction of sp³-hybridized carbons (Fsp3) is 0.667. The molecule has 1 aliphatic rings. The fourth-order valence-electron chi connectivity index (χ4n) is 1.13. The summed E-state index contributed by atoms with van der Waals surface area (Å²) in [5.74, 6) is -3.66. The summed E-state index contributed by atoms with van der Waals surface area (Å²) in [6, 6.07) is 0. The maximum Gasteiger partial charge on any atom is 0.446 e. The summed E-state index contributed by atoms with van der Waals surface area (Å²) in [4.78, 5) is 11.1. The molecule has 6 heteroatoms. The van der Waals surface area contributed by atoms with Gasteiger partial charge in [-0.05, 0) is 11.8 Å². The number of hydrogen-bond acceptors (Lipinski definition) is 2. The summed E-state index contributed by atoms with van der Waals surface area (Å²) in [5.41, 5.74) is -0.250. The lowest BCUT2D eigenvalue weighted by molar-refractivity contribution is -0.142. The minimum absolute atomic E-state index is 0.184. The number of halogens is 4. The molecule has 1 atom stereocenters. The topological polar surface area (TPSA) is 26.3 Å². The first-order valence-corrected chi connectivity index (χ1v) is 4.28. The van der Waals surface area contributed by atoms with E-state index >= 15 is 0 Å². The number of esters is 1. The lowest BCUT2D eigenvalue weighted by Crippen LogP contribution is -2.11. The van der Waals surface area contributed by atoms with Crippen LogP contribution in [0.15, 0.2) is 12.1 Å². The summed E-state index contributed by atoms with van der Waals surface area (Å²) in [7, 11) is 0. The summed E-state index contributed by atoms with van der Waals surface area (Å²) in [5, 5.41) is 0. The van der Waals surface area contributed by atoms with Crippen molar-refractivity contribution in [2.75, 3.05) is 0 Å². The quantitative estimate of drug-likeness (QED) is 0.411. The van der Waals surface area contributed by atoms with Gasteiger partial charge in [0.15, 0.2) is 0 Å². The first-order chi connectivity index (χ1) is 6.64. The molecule has 0 radical (unpaired) electrons. The Morgan fingerprint density at radius 2 is 1.93 bits per heavy atom. The number of carbonyl (C=O) groups is 1. The van der Waals surface area contributed by atoms with Gasteiger partial charge in [-0.25, -0.2) is 0 Å². The molecule has 0 bridgehead atoms. The minimum atomic E-state index is -5.10. The van der Waals surface area contributed by atoms with E-state index in [9.17, 15) is 22.4 Å². The summed E-state index contributed by atoms with van der Waals surface area (Å²) < 4.78 is 51.2. The van der Waals surface area contributed by atoms with Crippen LogP contribution in [0.2, 0.25) is 0 Å². The van der Waals surface area contributed by atoms with Crippen LogP contribution in [-0.4, -0.2) is 12.1 Å². The van der Waals surface area contributed by atoms with Crippen molar-refractivity contribution in [1.82, 2.24) is 0 Å². The molecule has 2 nitrogen and oxygen atoms in total. The highest BCUT2D eigenvalue weighted by Crippen LogP contribution is 2.52. The fourth-order valence-corrected chi connectivity index (χ4v) is 1.13. The lowest BCUT2D eigenvalue weighted by Gasteiger charge is -2.04. The van der Waals surface area contributed by atoms with Gasteiger partial charge in [0.1, 0.15) is 6.26 Å². The zero-order valence-electron chi connectivity index (χ0n) is 8.19. The Kier molecular flexibility index (Phi) is 2.80. The van der Waals surface area contributed by atoms with Crippen molar-refractivity contribution in [2.24, 2.45) is 11.3 Å². The zero-order valence-corrected chi connectivity index (χ0v) is 8.19. The van der Waals surface area contributed by atoms with E-state index in [-0.39, 0.29) is 11.7 Å². The van der Waals surface area contributed by atoms with Gasteiger partial charge in [0.2, 0.25) is 5.83 Å².